The Morgan fingerprint density at radius 2 is 1.60 bits per heavy atom. The molecule has 5 rings (SSSR count). The summed E-state index contributed by atoms with van der Waals surface area (Å²) in [6.07, 6.45) is 13.7. The first-order valence-electron chi connectivity index (χ1n) is 13.6. The minimum atomic E-state index is -0.0135. The highest BCUT2D eigenvalue weighted by Crippen LogP contribution is 2.68. The molecule has 4 saturated carbocycles. The van der Waals surface area contributed by atoms with E-state index >= 15 is 0 Å². The van der Waals surface area contributed by atoms with Crippen LogP contribution in [0.5, 0.6) is 0 Å². The van der Waals surface area contributed by atoms with Crippen molar-refractivity contribution in [3.63, 3.8) is 0 Å². The summed E-state index contributed by atoms with van der Waals surface area (Å²) in [7, 11) is 0. The highest BCUT2D eigenvalue weighted by Gasteiger charge is 2.60. The van der Waals surface area contributed by atoms with Gasteiger partial charge in [0.1, 0.15) is 0 Å². The van der Waals surface area contributed by atoms with Gasteiger partial charge in [-0.05, 0) is 123 Å². The molecule has 0 aromatic heterocycles. The number of allylic oxidation sites excluding steroid dienone is 2. The zero-order valence-electron chi connectivity index (χ0n) is 20.7. The smallest absolute Gasteiger partial charge is 0.0543 e. The molecule has 0 aromatic rings. The Hall–Kier alpha value is -0.300. The van der Waals surface area contributed by atoms with Gasteiger partial charge in [-0.1, -0.05) is 45.8 Å². The fourth-order valence-corrected chi connectivity index (χ4v) is 10.3. The van der Waals surface area contributed by atoms with E-state index < -0.39 is 0 Å². The first kappa shape index (κ1) is 21.5. The highest BCUT2D eigenvalue weighted by molar-refractivity contribution is 5.40. The van der Waals surface area contributed by atoms with Crippen molar-refractivity contribution in [3.05, 3.63) is 11.1 Å². The fraction of sp³-hybridized carbons (Fsp3) is 0.931. The van der Waals surface area contributed by atoms with Crippen molar-refractivity contribution < 1.29 is 5.11 Å². The SMILES string of the molecule is CC1=C(C(C)C)[C@@H]1C[C@@H](C)[C@H]1CC[C@H]2[C@@H]3CC[C@@H]4C[C@@H](O)CC[C@]4(C)[C@H]3CC[C@]12C. The molecule has 0 heterocycles. The second-order valence-corrected chi connectivity index (χ2v) is 13.4. The molecule has 30 heavy (non-hydrogen) atoms. The summed E-state index contributed by atoms with van der Waals surface area (Å²) in [4.78, 5) is 0. The molecule has 1 heteroatoms. The highest BCUT2D eigenvalue weighted by atomic mass is 16.3. The molecule has 1 nitrogen and oxygen atoms in total. The van der Waals surface area contributed by atoms with E-state index in [4.69, 9.17) is 0 Å². The van der Waals surface area contributed by atoms with Crippen LogP contribution in [-0.2, 0) is 0 Å². The predicted molar refractivity (Wildman–Crippen MR) is 126 cm³/mol. The Morgan fingerprint density at radius 3 is 2.30 bits per heavy atom. The molecule has 0 aromatic carbocycles. The molecule has 0 aliphatic heterocycles. The van der Waals surface area contributed by atoms with Crippen LogP contribution in [0.1, 0.15) is 106 Å². The van der Waals surface area contributed by atoms with Crippen LogP contribution in [-0.4, -0.2) is 11.2 Å². The second kappa shape index (κ2) is 7.36. The quantitative estimate of drug-likeness (QED) is 0.470. The lowest BCUT2D eigenvalue weighted by Gasteiger charge is -2.61. The Labute approximate surface area is 186 Å². The number of hydrogen-bond acceptors (Lipinski definition) is 1. The van der Waals surface area contributed by atoms with E-state index in [-0.39, 0.29) is 6.10 Å². The van der Waals surface area contributed by atoms with Crippen LogP contribution in [0.25, 0.3) is 0 Å². The first-order valence-corrected chi connectivity index (χ1v) is 13.6. The van der Waals surface area contributed by atoms with Gasteiger partial charge in [0.15, 0.2) is 0 Å². The van der Waals surface area contributed by atoms with E-state index in [2.05, 4.69) is 41.5 Å². The molecule has 0 amide bonds. The van der Waals surface area contributed by atoms with E-state index in [0.29, 0.717) is 10.8 Å². The first-order chi connectivity index (χ1) is 14.2. The molecule has 10 atom stereocenters. The molecule has 5 aliphatic carbocycles. The molecule has 4 fully saturated rings. The molecule has 0 unspecified atom stereocenters. The average Bonchev–Trinajstić information content (AvgIpc) is 3.17. The molecule has 170 valence electrons. The molecule has 0 saturated heterocycles. The third-order valence-electron chi connectivity index (χ3n) is 11.9. The van der Waals surface area contributed by atoms with Gasteiger partial charge in [-0.25, -0.2) is 0 Å². The van der Waals surface area contributed by atoms with Crippen LogP contribution in [0.4, 0.5) is 0 Å². The van der Waals surface area contributed by atoms with Gasteiger partial charge in [0.05, 0.1) is 6.10 Å². The molecule has 1 N–H and O–H groups in total. The molecule has 0 bridgehead atoms. The number of fused-ring (bicyclic) bond motifs is 5. The average molecular weight is 413 g/mol. The van der Waals surface area contributed by atoms with Gasteiger partial charge in [0.2, 0.25) is 0 Å². The van der Waals surface area contributed by atoms with Gasteiger partial charge in [-0.15, -0.1) is 0 Å². The molecule has 0 spiro atoms. The minimum Gasteiger partial charge on any atom is -0.393 e. The van der Waals surface area contributed by atoms with Crippen LogP contribution < -0.4 is 0 Å². The summed E-state index contributed by atoms with van der Waals surface area (Å²) in [5.41, 5.74) is 4.63. The van der Waals surface area contributed by atoms with Crippen molar-refractivity contribution in [2.45, 2.75) is 112 Å². The van der Waals surface area contributed by atoms with Crippen molar-refractivity contribution in [3.8, 4) is 0 Å². The van der Waals surface area contributed by atoms with Crippen molar-refractivity contribution in [2.24, 2.45) is 58.2 Å². The maximum absolute atomic E-state index is 10.3. The number of aliphatic hydroxyl groups is 1. The normalized spacial score (nSPS) is 51.4. The summed E-state index contributed by atoms with van der Waals surface area (Å²) in [6.45, 7) is 15.1. The third-order valence-corrected chi connectivity index (χ3v) is 11.9. The monoisotopic (exact) mass is 412 g/mol. The van der Waals surface area contributed by atoms with Crippen LogP contribution in [0.2, 0.25) is 0 Å². The fourth-order valence-electron chi connectivity index (χ4n) is 10.3. The maximum Gasteiger partial charge on any atom is 0.0543 e. The lowest BCUT2D eigenvalue weighted by molar-refractivity contribution is -0.129. The third kappa shape index (κ3) is 3.11. The molecular formula is C29H48O. The van der Waals surface area contributed by atoms with Crippen LogP contribution >= 0.6 is 0 Å². The summed E-state index contributed by atoms with van der Waals surface area (Å²) >= 11 is 0. The number of rotatable bonds is 4. The second-order valence-electron chi connectivity index (χ2n) is 13.4. The van der Waals surface area contributed by atoms with Crippen molar-refractivity contribution in [1.82, 2.24) is 0 Å². The summed E-state index contributed by atoms with van der Waals surface area (Å²) < 4.78 is 0. The Balaban J connectivity index is 1.30. The van der Waals surface area contributed by atoms with Gasteiger partial charge < -0.3 is 5.11 Å². The Morgan fingerprint density at radius 1 is 0.900 bits per heavy atom. The van der Waals surface area contributed by atoms with Crippen molar-refractivity contribution in [2.75, 3.05) is 0 Å². The van der Waals surface area contributed by atoms with Gasteiger partial charge in [-0.2, -0.15) is 0 Å². The zero-order chi connectivity index (χ0) is 21.4. The van der Waals surface area contributed by atoms with Crippen LogP contribution in [0.3, 0.4) is 0 Å². The van der Waals surface area contributed by atoms with Gasteiger partial charge in [-0.3, -0.25) is 0 Å². The Kier molecular flexibility index (Phi) is 5.28. The van der Waals surface area contributed by atoms with Gasteiger partial charge in [0.25, 0.3) is 0 Å². The van der Waals surface area contributed by atoms with Crippen LogP contribution in [0, 0.1) is 58.2 Å². The Bertz CT molecular complexity index is 705. The van der Waals surface area contributed by atoms with E-state index in [9.17, 15) is 5.11 Å². The van der Waals surface area contributed by atoms with E-state index in [1.54, 1.807) is 11.1 Å². The summed E-state index contributed by atoms with van der Waals surface area (Å²) in [6, 6.07) is 0. The minimum absolute atomic E-state index is 0.0135. The van der Waals surface area contributed by atoms with Crippen molar-refractivity contribution in [1.29, 1.82) is 0 Å². The van der Waals surface area contributed by atoms with Crippen LogP contribution in [0.15, 0.2) is 11.1 Å². The zero-order valence-corrected chi connectivity index (χ0v) is 20.7. The molecular weight excluding hydrogens is 364 g/mol. The predicted octanol–water partition coefficient (Wildman–Crippen LogP) is 7.63. The summed E-state index contributed by atoms with van der Waals surface area (Å²) in [5.74, 6) is 7.12. The largest absolute Gasteiger partial charge is 0.393 e. The van der Waals surface area contributed by atoms with Crippen molar-refractivity contribution >= 4 is 0 Å². The lowest BCUT2D eigenvalue weighted by atomic mass is 9.44. The summed E-state index contributed by atoms with van der Waals surface area (Å²) in [5, 5.41) is 10.3. The van der Waals surface area contributed by atoms with E-state index in [1.165, 1.54) is 51.4 Å². The maximum atomic E-state index is 10.3. The van der Waals surface area contributed by atoms with Gasteiger partial charge in [0, 0.05) is 5.92 Å². The number of hydrogen-bond donors (Lipinski definition) is 1. The molecule has 0 radical (unpaired) electrons. The van der Waals surface area contributed by atoms with Gasteiger partial charge >= 0.3 is 0 Å². The standard InChI is InChI=1S/C29H48O/c1-17(2)27-19(4)23(27)15-18(3)24-9-10-25-22-8-7-20-16-21(30)11-13-28(20,5)26(22)12-14-29(24,25)6/h17-18,20-26,30H,7-16H2,1-6H3/t18-,20-,21+,22+,23-,24-,25+,26+,28+,29-/m1/s1. The molecule has 5 aliphatic rings. The van der Waals surface area contributed by atoms with E-state index in [0.717, 1.165) is 60.2 Å². The van der Waals surface area contributed by atoms with E-state index in [1.807, 2.05) is 0 Å². The topological polar surface area (TPSA) is 20.2 Å². The lowest BCUT2D eigenvalue weighted by Crippen LogP contribution is -2.54. The number of aliphatic hydroxyl groups excluding tert-OH is 1.